The van der Waals surface area contributed by atoms with Gasteiger partial charge in [-0.05, 0) is 30.4 Å². The Kier molecular flexibility index (Phi) is 5.08. The summed E-state index contributed by atoms with van der Waals surface area (Å²) in [5.41, 5.74) is 2.36. The number of fused-ring (bicyclic) bond motifs is 3. The average molecular weight is 397 g/mol. The minimum atomic E-state index is -0.551. The number of H-pyrrole nitrogens is 2. The van der Waals surface area contributed by atoms with E-state index in [1.165, 1.54) is 10.1 Å². The second kappa shape index (κ2) is 7.55. The molecule has 0 bridgehead atoms. The van der Waals surface area contributed by atoms with Crippen molar-refractivity contribution in [2.75, 3.05) is 13.6 Å². The van der Waals surface area contributed by atoms with Gasteiger partial charge in [-0.3, -0.25) is 14.3 Å². The maximum absolute atomic E-state index is 12.8. The van der Waals surface area contributed by atoms with Crippen LogP contribution < -0.4 is 16.1 Å². The van der Waals surface area contributed by atoms with E-state index in [4.69, 9.17) is 0 Å². The Bertz CT molecular complexity index is 1160. The average Bonchev–Trinajstić information content (AvgIpc) is 3.04. The van der Waals surface area contributed by atoms with Crippen molar-refractivity contribution in [3.63, 3.8) is 0 Å². The van der Waals surface area contributed by atoms with Gasteiger partial charge in [-0.2, -0.15) is 0 Å². The molecule has 1 aliphatic rings. The lowest BCUT2D eigenvalue weighted by molar-refractivity contribution is -0.908. The largest absolute Gasteiger partial charge is 0.494 e. The molecule has 1 aliphatic heterocycles. The zero-order chi connectivity index (χ0) is 20.7. The first kappa shape index (κ1) is 19.5. The molecular formula is C22H29N4O3+. The number of aromatic amines is 2. The van der Waals surface area contributed by atoms with Crippen molar-refractivity contribution < 1.29 is 10.0 Å². The summed E-state index contributed by atoms with van der Waals surface area (Å²) in [6, 6.07) is 7.74. The first-order chi connectivity index (χ1) is 13.9. The van der Waals surface area contributed by atoms with Crippen molar-refractivity contribution in [3.8, 4) is 5.88 Å². The fourth-order valence-electron chi connectivity index (χ4n) is 4.54. The molecule has 0 amide bonds. The van der Waals surface area contributed by atoms with E-state index in [1.807, 2.05) is 25.2 Å². The van der Waals surface area contributed by atoms with Gasteiger partial charge in [0, 0.05) is 23.9 Å². The predicted molar refractivity (Wildman–Crippen MR) is 113 cm³/mol. The van der Waals surface area contributed by atoms with E-state index < -0.39 is 11.2 Å². The Morgan fingerprint density at radius 3 is 2.76 bits per heavy atom. The van der Waals surface area contributed by atoms with Crippen molar-refractivity contribution in [2.45, 2.75) is 45.7 Å². The van der Waals surface area contributed by atoms with Crippen molar-refractivity contribution in [3.05, 3.63) is 61.9 Å². The molecule has 4 N–H and O–H groups in total. The summed E-state index contributed by atoms with van der Waals surface area (Å²) in [5, 5.41) is 12.2. The first-order valence-corrected chi connectivity index (χ1v) is 10.4. The summed E-state index contributed by atoms with van der Waals surface area (Å²) in [4.78, 5) is 32.2. The maximum Gasteiger partial charge on any atom is 0.331 e. The molecule has 0 saturated heterocycles. The molecule has 1 aromatic carbocycles. The summed E-state index contributed by atoms with van der Waals surface area (Å²) in [6.45, 7) is 5.47. The van der Waals surface area contributed by atoms with Gasteiger partial charge in [-0.25, -0.2) is 4.79 Å². The van der Waals surface area contributed by atoms with Gasteiger partial charge in [0.15, 0.2) is 6.04 Å². The molecule has 0 saturated carbocycles. The smallest absolute Gasteiger partial charge is 0.331 e. The zero-order valence-electron chi connectivity index (χ0n) is 17.2. The van der Waals surface area contributed by atoms with Crippen LogP contribution in [0.4, 0.5) is 0 Å². The summed E-state index contributed by atoms with van der Waals surface area (Å²) in [7, 11) is 2.02. The summed E-state index contributed by atoms with van der Waals surface area (Å²) < 4.78 is 1.31. The number of rotatable bonds is 5. The fraction of sp³-hybridized carbons (Fsp3) is 0.455. The molecule has 0 fully saturated rings. The monoisotopic (exact) mass is 397 g/mol. The van der Waals surface area contributed by atoms with Crippen LogP contribution in [0.3, 0.4) is 0 Å². The van der Waals surface area contributed by atoms with Crippen molar-refractivity contribution in [2.24, 2.45) is 5.92 Å². The third-order valence-corrected chi connectivity index (χ3v) is 6.06. The summed E-state index contributed by atoms with van der Waals surface area (Å²) in [5.74, 6) is 0.302. The van der Waals surface area contributed by atoms with Crippen LogP contribution in [0.1, 0.15) is 49.6 Å². The van der Waals surface area contributed by atoms with Crippen LogP contribution in [0.5, 0.6) is 5.88 Å². The highest BCUT2D eigenvalue weighted by atomic mass is 16.3. The van der Waals surface area contributed by atoms with Crippen molar-refractivity contribution >= 4 is 10.9 Å². The predicted octanol–water partition coefficient (Wildman–Crippen LogP) is 1.32. The molecule has 0 spiro atoms. The minimum Gasteiger partial charge on any atom is -0.494 e. The quantitative estimate of drug-likeness (QED) is 0.523. The molecule has 3 aromatic rings. The van der Waals surface area contributed by atoms with E-state index in [0.717, 1.165) is 47.3 Å². The SMILES string of the molecule is CC(C)CCCn1c(O)c([C@@H]2c3[nH]c4ccccc4c3CC[NH+]2C)c(=O)[nH]c1=O. The molecule has 7 nitrogen and oxygen atoms in total. The second-order valence-corrected chi connectivity index (χ2v) is 8.53. The van der Waals surface area contributed by atoms with Gasteiger partial charge in [0.2, 0.25) is 5.88 Å². The van der Waals surface area contributed by atoms with Gasteiger partial charge in [0.1, 0.15) is 5.56 Å². The molecule has 29 heavy (non-hydrogen) atoms. The van der Waals surface area contributed by atoms with Crippen LogP contribution >= 0.6 is 0 Å². The third kappa shape index (κ3) is 3.40. The molecule has 2 aromatic heterocycles. The number of benzene rings is 1. The molecule has 0 aliphatic carbocycles. The van der Waals surface area contributed by atoms with E-state index in [9.17, 15) is 14.7 Å². The Morgan fingerprint density at radius 1 is 1.24 bits per heavy atom. The number of aromatic hydroxyl groups is 1. The molecule has 154 valence electrons. The topological polar surface area (TPSA) is 95.3 Å². The number of hydrogen-bond acceptors (Lipinski definition) is 3. The van der Waals surface area contributed by atoms with Gasteiger partial charge >= 0.3 is 5.69 Å². The Labute approximate surface area is 169 Å². The number of quaternary nitrogens is 1. The number of likely N-dealkylation sites (N-methyl/N-ethyl adjacent to an activating group) is 1. The van der Waals surface area contributed by atoms with Crippen LogP contribution in [-0.2, 0) is 13.0 Å². The minimum absolute atomic E-state index is 0.210. The molecule has 7 heteroatoms. The Balaban J connectivity index is 1.84. The van der Waals surface area contributed by atoms with Gasteiger partial charge in [-0.1, -0.05) is 32.0 Å². The van der Waals surface area contributed by atoms with Gasteiger partial charge in [-0.15, -0.1) is 0 Å². The lowest BCUT2D eigenvalue weighted by Gasteiger charge is -2.30. The number of hydrogen-bond donors (Lipinski definition) is 4. The first-order valence-electron chi connectivity index (χ1n) is 10.4. The van der Waals surface area contributed by atoms with E-state index in [1.54, 1.807) is 0 Å². The van der Waals surface area contributed by atoms with Crippen molar-refractivity contribution in [1.29, 1.82) is 0 Å². The summed E-state index contributed by atoms with van der Waals surface area (Å²) >= 11 is 0. The highest BCUT2D eigenvalue weighted by Crippen LogP contribution is 2.32. The zero-order valence-corrected chi connectivity index (χ0v) is 17.2. The van der Waals surface area contributed by atoms with Crippen LogP contribution in [0.25, 0.3) is 10.9 Å². The molecule has 0 radical (unpaired) electrons. The third-order valence-electron chi connectivity index (χ3n) is 6.06. The Morgan fingerprint density at radius 2 is 2.00 bits per heavy atom. The van der Waals surface area contributed by atoms with Gasteiger partial charge in [0.05, 0.1) is 19.3 Å². The van der Waals surface area contributed by atoms with E-state index in [0.29, 0.717) is 12.5 Å². The highest BCUT2D eigenvalue weighted by molar-refractivity contribution is 5.85. The number of para-hydroxylation sites is 1. The molecule has 4 rings (SSSR count). The highest BCUT2D eigenvalue weighted by Gasteiger charge is 2.37. The van der Waals surface area contributed by atoms with E-state index in [-0.39, 0.29) is 17.5 Å². The van der Waals surface area contributed by atoms with E-state index in [2.05, 4.69) is 29.9 Å². The fourth-order valence-corrected chi connectivity index (χ4v) is 4.54. The lowest BCUT2D eigenvalue weighted by Crippen LogP contribution is -3.10. The van der Waals surface area contributed by atoms with E-state index >= 15 is 0 Å². The van der Waals surface area contributed by atoms with Crippen LogP contribution in [0, 0.1) is 5.92 Å². The number of aromatic nitrogens is 3. The van der Waals surface area contributed by atoms with Gasteiger partial charge < -0.3 is 15.0 Å². The number of nitrogens with zero attached hydrogens (tertiary/aromatic N) is 1. The Hall–Kier alpha value is -2.80. The summed E-state index contributed by atoms with van der Waals surface area (Å²) in [6.07, 6.45) is 2.61. The maximum atomic E-state index is 12.8. The molecule has 1 unspecified atom stereocenters. The van der Waals surface area contributed by atoms with Crippen LogP contribution in [0.15, 0.2) is 33.9 Å². The lowest BCUT2D eigenvalue weighted by atomic mass is 9.94. The van der Waals surface area contributed by atoms with Crippen molar-refractivity contribution in [1.82, 2.24) is 14.5 Å². The second-order valence-electron chi connectivity index (χ2n) is 8.53. The molecule has 2 atom stereocenters. The number of nitrogens with one attached hydrogen (secondary N) is 3. The van der Waals surface area contributed by atoms with Gasteiger partial charge in [0.25, 0.3) is 5.56 Å². The standard InChI is InChI=1S/C22H28N4O3/c1-13(2)7-6-11-26-21(28)17(20(27)24-22(26)29)19-18-15(10-12-25(19)3)14-8-4-5-9-16(14)23-18/h4-5,8-9,13,19,23,28H,6-7,10-12H2,1-3H3,(H,24,27,29)/p+1/t19-/m1/s1. The normalized spacial score (nSPS) is 19.0. The van der Waals surface area contributed by atoms with Crippen LogP contribution in [-0.4, -0.2) is 33.2 Å². The van der Waals surface area contributed by atoms with Crippen LogP contribution in [0.2, 0.25) is 0 Å². The molecular weight excluding hydrogens is 368 g/mol. The molecule has 3 heterocycles.